The van der Waals surface area contributed by atoms with Crippen LogP contribution in [0.4, 0.5) is 0 Å². The van der Waals surface area contributed by atoms with Crippen molar-refractivity contribution in [2.45, 2.75) is 42.9 Å². The quantitative estimate of drug-likeness (QED) is 0.694. The van der Waals surface area contributed by atoms with Crippen LogP contribution in [-0.2, 0) is 16.0 Å². The molecule has 0 aromatic heterocycles. The molecule has 0 radical (unpaired) electrons. The molecule has 0 heterocycles. The van der Waals surface area contributed by atoms with Crippen LogP contribution in [0.1, 0.15) is 37.8 Å². The average Bonchev–Trinajstić information content (AvgIpc) is 2.46. The molecule has 2 aromatic carbocycles. The van der Waals surface area contributed by atoms with Gasteiger partial charge in [-0.2, -0.15) is 0 Å². The van der Waals surface area contributed by atoms with Crippen molar-refractivity contribution in [1.82, 2.24) is 0 Å². The number of carbonyl (C=O) groups excluding carboxylic acids is 2. The second kappa shape index (κ2) is 6.54. The molecule has 2 nitrogen and oxygen atoms in total. The van der Waals surface area contributed by atoms with Crippen molar-refractivity contribution in [3.05, 3.63) is 47.5 Å². The predicted molar refractivity (Wildman–Crippen MR) is 97.1 cm³/mol. The van der Waals surface area contributed by atoms with Crippen LogP contribution in [0.3, 0.4) is 0 Å². The van der Waals surface area contributed by atoms with Crippen LogP contribution in [0.15, 0.2) is 46.2 Å². The molecule has 0 N–H and O–H groups in total. The topological polar surface area (TPSA) is 34.1 Å². The van der Waals surface area contributed by atoms with Crippen molar-refractivity contribution >= 4 is 33.8 Å². The van der Waals surface area contributed by atoms with E-state index < -0.39 is 0 Å². The molecule has 4 heteroatoms. The fourth-order valence-electron chi connectivity index (χ4n) is 3.09. The number of carbonyl (C=O) groups is 2. The second-order valence-corrected chi connectivity index (χ2v) is 8.36. The maximum atomic E-state index is 11.3. The Hall–Kier alpha value is -1.52. The Morgan fingerprint density at radius 3 is 2.09 bits per heavy atom. The third-order valence-electron chi connectivity index (χ3n) is 3.97. The van der Waals surface area contributed by atoms with Gasteiger partial charge in [-0.05, 0) is 58.9 Å². The highest BCUT2D eigenvalue weighted by molar-refractivity contribution is 8.13. The highest BCUT2D eigenvalue weighted by atomic mass is 32.2. The van der Waals surface area contributed by atoms with Crippen molar-refractivity contribution < 1.29 is 9.59 Å². The Morgan fingerprint density at radius 1 is 0.913 bits per heavy atom. The predicted octanol–water partition coefficient (Wildman–Crippen LogP) is 5.29. The molecule has 3 rings (SSSR count). The van der Waals surface area contributed by atoms with Crippen molar-refractivity contribution in [3.8, 4) is 11.1 Å². The van der Waals surface area contributed by atoms with E-state index in [1.54, 1.807) is 13.8 Å². The molecule has 0 saturated carbocycles. The zero-order valence-corrected chi connectivity index (χ0v) is 15.0. The zero-order chi connectivity index (χ0) is 16.6. The summed E-state index contributed by atoms with van der Waals surface area (Å²) in [5, 5.41) is 0.222. The Kier molecular flexibility index (Phi) is 4.64. The normalized spacial score (nSPS) is 15.7. The molecule has 2 aromatic rings. The molecule has 1 aliphatic carbocycles. The van der Waals surface area contributed by atoms with Gasteiger partial charge in [0.25, 0.3) is 0 Å². The molecule has 118 valence electrons. The van der Waals surface area contributed by atoms with Crippen LogP contribution in [0.25, 0.3) is 11.1 Å². The lowest BCUT2D eigenvalue weighted by Crippen LogP contribution is -2.09. The van der Waals surface area contributed by atoms with Gasteiger partial charge in [0.05, 0.1) is 0 Å². The summed E-state index contributed by atoms with van der Waals surface area (Å²) >= 11 is 2.57. The van der Waals surface area contributed by atoms with Gasteiger partial charge < -0.3 is 0 Å². The first-order valence-electron chi connectivity index (χ1n) is 7.58. The number of hydrogen-bond donors (Lipinski definition) is 0. The monoisotopic (exact) mass is 342 g/mol. The smallest absolute Gasteiger partial charge is 0.190 e. The summed E-state index contributed by atoms with van der Waals surface area (Å²) in [6, 6.07) is 12.6. The van der Waals surface area contributed by atoms with E-state index in [-0.39, 0.29) is 10.2 Å². The maximum absolute atomic E-state index is 11.3. The first-order chi connectivity index (χ1) is 10.9. The van der Waals surface area contributed by atoms with E-state index in [9.17, 15) is 9.59 Å². The highest BCUT2D eigenvalue weighted by Gasteiger charge is 2.22. The summed E-state index contributed by atoms with van der Waals surface area (Å²) in [7, 11) is 0. The molecule has 1 atom stereocenters. The molecule has 0 bridgehead atoms. The number of fused-ring (bicyclic) bond motifs is 3. The summed E-state index contributed by atoms with van der Waals surface area (Å²) in [5.74, 6) is 0.405. The van der Waals surface area contributed by atoms with Crippen LogP contribution >= 0.6 is 23.5 Å². The van der Waals surface area contributed by atoms with E-state index in [4.69, 9.17) is 0 Å². The lowest BCUT2D eigenvalue weighted by molar-refractivity contribution is -0.109. The van der Waals surface area contributed by atoms with Gasteiger partial charge in [-0.1, -0.05) is 42.6 Å². The van der Waals surface area contributed by atoms with Gasteiger partial charge in [0.2, 0.25) is 0 Å². The van der Waals surface area contributed by atoms with Gasteiger partial charge in [-0.25, -0.2) is 0 Å². The highest BCUT2D eigenvalue weighted by Crippen LogP contribution is 2.42. The van der Waals surface area contributed by atoms with Gasteiger partial charge in [0, 0.05) is 23.6 Å². The van der Waals surface area contributed by atoms with Crippen LogP contribution in [0.5, 0.6) is 0 Å². The summed E-state index contributed by atoms with van der Waals surface area (Å²) in [6.45, 7) is 5.40. The molecular weight excluding hydrogens is 324 g/mol. The first kappa shape index (κ1) is 16.3. The number of hydrogen-bond acceptors (Lipinski definition) is 4. The van der Waals surface area contributed by atoms with Crippen molar-refractivity contribution in [3.63, 3.8) is 0 Å². The van der Waals surface area contributed by atoms with E-state index in [1.165, 1.54) is 45.8 Å². The molecule has 1 aliphatic rings. The number of rotatable bonds is 2. The minimum Gasteiger partial charge on any atom is -0.287 e. The van der Waals surface area contributed by atoms with Crippen molar-refractivity contribution in [2.75, 3.05) is 0 Å². The molecular formula is C19H18O2S2. The zero-order valence-electron chi connectivity index (χ0n) is 13.4. The standard InChI is InChI=1S/C19H18O2S2/c1-11-8-14-9-15(22-12(2)20)4-6-17(14)18-7-5-16(10-19(11)18)23-13(3)21/h4-7,9-11H,8H2,1-3H3. The minimum absolute atomic E-state index is 0.111. The summed E-state index contributed by atoms with van der Waals surface area (Å²) < 4.78 is 0. The Balaban J connectivity index is 2.02. The van der Waals surface area contributed by atoms with Gasteiger partial charge >= 0.3 is 0 Å². The van der Waals surface area contributed by atoms with Crippen LogP contribution < -0.4 is 0 Å². The Morgan fingerprint density at radius 2 is 1.48 bits per heavy atom. The fraction of sp³-hybridized carbons (Fsp3) is 0.263. The van der Waals surface area contributed by atoms with Crippen molar-refractivity contribution in [1.29, 1.82) is 0 Å². The van der Waals surface area contributed by atoms with Gasteiger partial charge in [-0.3, -0.25) is 9.59 Å². The summed E-state index contributed by atoms with van der Waals surface area (Å²) in [6.07, 6.45) is 0.961. The molecule has 23 heavy (non-hydrogen) atoms. The van der Waals surface area contributed by atoms with Gasteiger partial charge in [0.1, 0.15) is 0 Å². The SMILES string of the molecule is CC(=O)Sc1ccc2c(c1)CC(C)c1cc(SC(C)=O)ccc1-2. The molecule has 0 spiro atoms. The molecule has 0 fully saturated rings. The van der Waals surface area contributed by atoms with Gasteiger partial charge in [0.15, 0.2) is 10.2 Å². The number of thioether (sulfide) groups is 2. The van der Waals surface area contributed by atoms with E-state index in [0.717, 1.165) is 16.2 Å². The Labute approximate surface area is 145 Å². The van der Waals surface area contributed by atoms with E-state index in [2.05, 4.69) is 31.2 Å². The molecule has 0 saturated heterocycles. The Bertz CT molecular complexity index is 796. The van der Waals surface area contributed by atoms with Gasteiger partial charge in [-0.15, -0.1) is 0 Å². The maximum Gasteiger partial charge on any atom is 0.190 e. The van der Waals surface area contributed by atoms with Crippen LogP contribution in [-0.4, -0.2) is 10.2 Å². The summed E-state index contributed by atoms with van der Waals surface area (Å²) in [4.78, 5) is 24.6. The number of benzene rings is 2. The second-order valence-electron chi connectivity index (χ2n) is 5.86. The largest absolute Gasteiger partial charge is 0.287 e. The fourth-order valence-corrected chi connectivity index (χ4v) is 4.42. The first-order valence-corrected chi connectivity index (χ1v) is 9.21. The molecule has 1 unspecified atom stereocenters. The lowest BCUT2D eigenvalue weighted by Gasteiger charge is -2.26. The van der Waals surface area contributed by atoms with Crippen LogP contribution in [0.2, 0.25) is 0 Å². The average molecular weight is 342 g/mol. The lowest BCUT2D eigenvalue weighted by atomic mass is 9.80. The molecule has 0 amide bonds. The van der Waals surface area contributed by atoms with E-state index >= 15 is 0 Å². The van der Waals surface area contributed by atoms with Crippen LogP contribution in [0, 0.1) is 0 Å². The van der Waals surface area contributed by atoms with Crippen molar-refractivity contribution in [2.24, 2.45) is 0 Å². The molecule has 0 aliphatic heterocycles. The summed E-state index contributed by atoms with van der Waals surface area (Å²) in [5.41, 5.74) is 5.08. The minimum atomic E-state index is 0.111. The van der Waals surface area contributed by atoms with E-state index in [0.29, 0.717) is 5.92 Å². The third kappa shape index (κ3) is 3.54. The van der Waals surface area contributed by atoms with E-state index in [1.807, 2.05) is 12.1 Å². The third-order valence-corrected chi connectivity index (χ3v) is 5.52.